The molecule has 0 aliphatic carbocycles. The lowest BCUT2D eigenvalue weighted by atomic mass is 10.2. The van der Waals surface area contributed by atoms with Crippen LogP contribution in [0.4, 0.5) is 11.5 Å². The molecule has 0 unspecified atom stereocenters. The average molecular weight is 337 g/mol. The van der Waals surface area contributed by atoms with Crippen molar-refractivity contribution in [2.75, 3.05) is 36.4 Å². The maximum absolute atomic E-state index is 8.88. The molecule has 6 heteroatoms. The van der Waals surface area contributed by atoms with Gasteiger partial charge in [-0.3, -0.25) is 0 Å². The zero-order valence-electron chi connectivity index (χ0n) is 13.6. The Hall–Kier alpha value is -2.65. The number of rotatable bonds is 2. The fraction of sp³-hybridized carbons (Fsp3) is 0.278. The van der Waals surface area contributed by atoms with Crippen LogP contribution in [0.5, 0.6) is 0 Å². The van der Waals surface area contributed by atoms with Crippen LogP contribution < -0.4 is 10.2 Å². The van der Waals surface area contributed by atoms with Crippen molar-refractivity contribution in [1.29, 1.82) is 5.26 Å². The van der Waals surface area contributed by atoms with Gasteiger partial charge in [-0.1, -0.05) is 0 Å². The van der Waals surface area contributed by atoms with Crippen LogP contribution in [0.1, 0.15) is 11.1 Å². The number of aromatic nitrogens is 1. The molecule has 3 rings (SSSR count). The molecule has 1 fully saturated rings. The van der Waals surface area contributed by atoms with Gasteiger partial charge >= 0.3 is 0 Å². The summed E-state index contributed by atoms with van der Waals surface area (Å²) in [5.41, 5.74) is 2.99. The van der Waals surface area contributed by atoms with E-state index >= 15 is 0 Å². The molecule has 1 aromatic carbocycles. The predicted molar refractivity (Wildman–Crippen MR) is 100 cm³/mol. The van der Waals surface area contributed by atoms with E-state index in [0.717, 1.165) is 43.2 Å². The molecule has 2 heterocycles. The quantitative estimate of drug-likeness (QED) is 0.851. The van der Waals surface area contributed by atoms with Gasteiger partial charge in [-0.25, -0.2) is 4.98 Å². The lowest BCUT2D eigenvalue weighted by molar-refractivity contribution is 0.391. The minimum absolute atomic E-state index is 0.688. The van der Waals surface area contributed by atoms with Crippen molar-refractivity contribution in [1.82, 2.24) is 9.88 Å². The van der Waals surface area contributed by atoms with E-state index in [-0.39, 0.29) is 0 Å². The lowest BCUT2D eigenvalue weighted by Crippen LogP contribution is -2.50. The fourth-order valence-electron chi connectivity index (χ4n) is 2.71. The summed E-state index contributed by atoms with van der Waals surface area (Å²) >= 11 is 5.51. The van der Waals surface area contributed by atoms with Crippen molar-refractivity contribution in [3.63, 3.8) is 0 Å². The van der Waals surface area contributed by atoms with E-state index in [2.05, 4.69) is 26.2 Å². The monoisotopic (exact) mass is 337 g/mol. The number of hydrogen-bond donors (Lipinski definition) is 1. The predicted octanol–water partition coefficient (Wildman–Crippen LogP) is 2.78. The van der Waals surface area contributed by atoms with Crippen molar-refractivity contribution in [2.45, 2.75) is 6.92 Å². The molecule has 1 saturated heterocycles. The highest BCUT2D eigenvalue weighted by Gasteiger charge is 2.19. The Balaban J connectivity index is 1.56. The van der Waals surface area contributed by atoms with Crippen molar-refractivity contribution >= 4 is 28.8 Å². The Bertz CT molecular complexity index is 758. The highest BCUT2D eigenvalue weighted by molar-refractivity contribution is 7.80. The average Bonchev–Trinajstić information content (AvgIpc) is 2.62. The second kappa shape index (κ2) is 7.28. The first-order valence-electron chi connectivity index (χ1n) is 7.89. The maximum atomic E-state index is 8.88. The second-order valence-electron chi connectivity index (χ2n) is 5.78. The lowest BCUT2D eigenvalue weighted by Gasteiger charge is -2.37. The SMILES string of the molecule is Cc1ccnc(NC(=S)N2CCN(c3ccc(C#N)cc3)CC2)c1. The molecule has 1 aliphatic rings. The molecule has 2 aromatic rings. The van der Waals surface area contributed by atoms with Crippen LogP contribution >= 0.6 is 12.2 Å². The van der Waals surface area contributed by atoms with Gasteiger partial charge in [-0.2, -0.15) is 5.26 Å². The summed E-state index contributed by atoms with van der Waals surface area (Å²) in [6.45, 7) is 5.55. The highest BCUT2D eigenvalue weighted by Crippen LogP contribution is 2.17. The standard InChI is InChI=1S/C18H19N5S/c1-14-6-7-20-17(12-14)21-18(24)23-10-8-22(9-11-23)16-4-2-15(13-19)3-5-16/h2-7,12H,8-11H2,1H3,(H,20,21,24). The van der Waals surface area contributed by atoms with Gasteiger partial charge in [0.05, 0.1) is 11.6 Å². The molecule has 0 atom stereocenters. The molecule has 0 bridgehead atoms. The molecule has 0 amide bonds. The molecular formula is C18H19N5S. The van der Waals surface area contributed by atoms with Crippen molar-refractivity contribution < 1.29 is 0 Å². The van der Waals surface area contributed by atoms with E-state index < -0.39 is 0 Å². The van der Waals surface area contributed by atoms with Gasteiger partial charge in [0.25, 0.3) is 0 Å². The number of aryl methyl sites for hydroxylation is 1. The molecule has 0 radical (unpaired) electrons. The molecule has 1 N–H and O–H groups in total. The Morgan fingerprint density at radius 2 is 1.88 bits per heavy atom. The smallest absolute Gasteiger partial charge is 0.174 e. The third-order valence-electron chi connectivity index (χ3n) is 4.08. The normalized spacial score (nSPS) is 14.2. The topological polar surface area (TPSA) is 55.2 Å². The van der Waals surface area contributed by atoms with Crippen LogP contribution in [0.2, 0.25) is 0 Å². The van der Waals surface area contributed by atoms with Crippen molar-refractivity contribution in [2.24, 2.45) is 0 Å². The molecule has 1 aromatic heterocycles. The van der Waals surface area contributed by atoms with E-state index in [1.54, 1.807) is 6.20 Å². The minimum atomic E-state index is 0.688. The number of pyridine rings is 1. The number of piperazine rings is 1. The zero-order chi connectivity index (χ0) is 16.9. The maximum Gasteiger partial charge on any atom is 0.174 e. The highest BCUT2D eigenvalue weighted by atomic mass is 32.1. The number of hydrogen-bond acceptors (Lipinski definition) is 4. The Kier molecular flexibility index (Phi) is 4.92. The number of thiocarbonyl (C=S) groups is 1. The number of nitriles is 1. The molecule has 24 heavy (non-hydrogen) atoms. The number of anilines is 2. The van der Waals surface area contributed by atoms with E-state index in [9.17, 15) is 0 Å². The van der Waals surface area contributed by atoms with Crippen LogP contribution in [0.3, 0.4) is 0 Å². The number of nitrogens with one attached hydrogen (secondary N) is 1. The molecule has 0 saturated carbocycles. The van der Waals surface area contributed by atoms with Gasteiger partial charge in [0.2, 0.25) is 0 Å². The molecule has 122 valence electrons. The second-order valence-corrected chi connectivity index (χ2v) is 6.17. The summed E-state index contributed by atoms with van der Waals surface area (Å²) in [5.74, 6) is 0.787. The molecular weight excluding hydrogens is 318 g/mol. The van der Waals surface area contributed by atoms with E-state index in [1.807, 2.05) is 43.3 Å². The third kappa shape index (κ3) is 3.81. The van der Waals surface area contributed by atoms with Crippen LogP contribution in [0.25, 0.3) is 0 Å². The minimum Gasteiger partial charge on any atom is -0.368 e. The summed E-state index contributed by atoms with van der Waals surface area (Å²) in [4.78, 5) is 8.77. The Labute approximate surface area is 147 Å². The van der Waals surface area contributed by atoms with E-state index in [0.29, 0.717) is 10.7 Å². The van der Waals surface area contributed by atoms with Gasteiger partial charge in [0.1, 0.15) is 5.82 Å². The number of benzene rings is 1. The summed E-state index contributed by atoms with van der Waals surface area (Å²) in [6.07, 6.45) is 1.78. The van der Waals surface area contributed by atoms with Gasteiger partial charge in [-0.05, 0) is 61.1 Å². The fourth-order valence-corrected chi connectivity index (χ4v) is 2.99. The molecule has 0 spiro atoms. The zero-order valence-corrected chi connectivity index (χ0v) is 14.4. The van der Waals surface area contributed by atoms with E-state index in [4.69, 9.17) is 17.5 Å². The first-order chi connectivity index (χ1) is 11.7. The summed E-state index contributed by atoms with van der Waals surface area (Å²) in [7, 11) is 0. The molecule has 5 nitrogen and oxygen atoms in total. The van der Waals surface area contributed by atoms with Crippen molar-refractivity contribution in [3.8, 4) is 6.07 Å². The Morgan fingerprint density at radius 1 is 1.17 bits per heavy atom. The Morgan fingerprint density at radius 3 is 2.50 bits per heavy atom. The van der Waals surface area contributed by atoms with Gasteiger partial charge in [0.15, 0.2) is 5.11 Å². The van der Waals surface area contributed by atoms with Crippen LogP contribution in [0, 0.1) is 18.3 Å². The van der Waals surface area contributed by atoms with Gasteiger partial charge in [0, 0.05) is 38.1 Å². The van der Waals surface area contributed by atoms with Crippen LogP contribution in [-0.2, 0) is 0 Å². The first kappa shape index (κ1) is 16.2. The van der Waals surface area contributed by atoms with Crippen molar-refractivity contribution in [3.05, 3.63) is 53.7 Å². The summed E-state index contributed by atoms with van der Waals surface area (Å²) in [5, 5.41) is 12.8. The van der Waals surface area contributed by atoms with Crippen LogP contribution in [0.15, 0.2) is 42.6 Å². The first-order valence-corrected chi connectivity index (χ1v) is 8.30. The number of nitrogens with zero attached hydrogens (tertiary/aromatic N) is 4. The van der Waals surface area contributed by atoms with Gasteiger partial charge in [-0.15, -0.1) is 0 Å². The van der Waals surface area contributed by atoms with Crippen LogP contribution in [-0.4, -0.2) is 41.2 Å². The summed E-state index contributed by atoms with van der Waals surface area (Å²) in [6, 6.07) is 13.8. The third-order valence-corrected chi connectivity index (χ3v) is 4.44. The van der Waals surface area contributed by atoms with Gasteiger partial charge < -0.3 is 15.1 Å². The molecule has 1 aliphatic heterocycles. The summed E-state index contributed by atoms with van der Waals surface area (Å²) < 4.78 is 0. The van der Waals surface area contributed by atoms with E-state index in [1.165, 1.54) is 0 Å². The largest absolute Gasteiger partial charge is 0.368 e.